The van der Waals surface area contributed by atoms with Gasteiger partial charge in [-0.15, -0.1) is 0 Å². The maximum absolute atomic E-state index is 11.7. The molecule has 0 aromatic heterocycles. The van der Waals surface area contributed by atoms with Crippen LogP contribution in [0.5, 0.6) is 5.75 Å². The second kappa shape index (κ2) is 5.49. The predicted molar refractivity (Wildman–Crippen MR) is 66.6 cm³/mol. The van der Waals surface area contributed by atoms with Gasteiger partial charge >= 0.3 is 5.97 Å². The molecule has 0 saturated carbocycles. The molecule has 1 aromatic rings. The van der Waals surface area contributed by atoms with Crippen molar-refractivity contribution < 1.29 is 19.1 Å². The van der Waals surface area contributed by atoms with Crippen LogP contribution in [0.15, 0.2) is 24.3 Å². The number of esters is 1. The summed E-state index contributed by atoms with van der Waals surface area (Å²) in [6, 6.07) is 5.42. The van der Waals surface area contributed by atoms with E-state index in [2.05, 4.69) is 4.74 Å². The van der Waals surface area contributed by atoms with E-state index in [1.54, 1.807) is 24.3 Å². The standard InChI is InChI=1S/C14H14O4/c1-17-14(16)4-2-3-10-5-6-13-11(9-10)12(15)7-8-18-13/h2-3,5-6,9H,4,7-8H2,1H3. The van der Waals surface area contributed by atoms with Crippen molar-refractivity contribution >= 4 is 17.8 Å². The van der Waals surface area contributed by atoms with E-state index in [-0.39, 0.29) is 18.2 Å². The molecule has 0 spiro atoms. The summed E-state index contributed by atoms with van der Waals surface area (Å²) < 4.78 is 9.92. The Hall–Kier alpha value is -2.10. The summed E-state index contributed by atoms with van der Waals surface area (Å²) >= 11 is 0. The van der Waals surface area contributed by atoms with Crippen LogP contribution in [-0.2, 0) is 9.53 Å². The van der Waals surface area contributed by atoms with Crippen molar-refractivity contribution in [1.29, 1.82) is 0 Å². The highest BCUT2D eigenvalue weighted by Crippen LogP contribution is 2.26. The number of methoxy groups -OCH3 is 1. The fraction of sp³-hybridized carbons (Fsp3) is 0.286. The molecular weight excluding hydrogens is 232 g/mol. The number of benzene rings is 1. The van der Waals surface area contributed by atoms with E-state index in [0.717, 1.165) is 5.56 Å². The molecule has 1 heterocycles. The fourth-order valence-electron chi connectivity index (χ4n) is 1.76. The van der Waals surface area contributed by atoms with Gasteiger partial charge in [-0.05, 0) is 17.7 Å². The first-order valence-corrected chi connectivity index (χ1v) is 5.74. The van der Waals surface area contributed by atoms with Gasteiger partial charge in [0.2, 0.25) is 0 Å². The van der Waals surface area contributed by atoms with Crippen LogP contribution in [0.1, 0.15) is 28.8 Å². The summed E-state index contributed by atoms with van der Waals surface area (Å²) in [5, 5.41) is 0. The van der Waals surface area contributed by atoms with Crippen molar-refractivity contribution in [1.82, 2.24) is 0 Å². The summed E-state index contributed by atoms with van der Waals surface area (Å²) in [5.41, 5.74) is 1.48. The molecule has 2 rings (SSSR count). The highest BCUT2D eigenvalue weighted by atomic mass is 16.5. The number of Topliss-reactive ketones (excluding diaryl/α,β-unsaturated/α-hetero) is 1. The van der Waals surface area contributed by atoms with E-state index in [1.165, 1.54) is 7.11 Å². The fourth-order valence-corrected chi connectivity index (χ4v) is 1.76. The van der Waals surface area contributed by atoms with Gasteiger partial charge in [-0.3, -0.25) is 9.59 Å². The molecule has 0 saturated heterocycles. The van der Waals surface area contributed by atoms with Crippen LogP contribution in [0, 0.1) is 0 Å². The largest absolute Gasteiger partial charge is 0.492 e. The number of rotatable bonds is 3. The maximum atomic E-state index is 11.7. The average molecular weight is 246 g/mol. The van der Waals surface area contributed by atoms with Crippen LogP contribution in [-0.4, -0.2) is 25.5 Å². The quantitative estimate of drug-likeness (QED) is 0.767. The molecule has 0 fully saturated rings. The second-order valence-corrected chi connectivity index (χ2v) is 3.96. The lowest BCUT2D eigenvalue weighted by Gasteiger charge is -2.16. The van der Waals surface area contributed by atoms with Gasteiger partial charge in [-0.25, -0.2) is 0 Å². The first kappa shape index (κ1) is 12.4. The van der Waals surface area contributed by atoms with Crippen molar-refractivity contribution in [2.24, 2.45) is 0 Å². The zero-order valence-electron chi connectivity index (χ0n) is 10.1. The van der Waals surface area contributed by atoms with Gasteiger partial charge in [0.1, 0.15) is 5.75 Å². The van der Waals surface area contributed by atoms with E-state index in [1.807, 2.05) is 6.07 Å². The van der Waals surface area contributed by atoms with Gasteiger partial charge in [-0.2, -0.15) is 0 Å². The van der Waals surface area contributed by atoms with E-state index in [0.29, 0.717) is 24.3 Å². The summed E-state index contributed by atoms with van der Waals surface area (Å²) in [6.07, 6.45) is 4.14. The molecule has 0 amide bonds. The normalized spacial score (nSPS) is 14.2. The van der Waals surface area contributed by atoms with Crippen LogP contribution in [0.2, 0.25) is 0 Å². The van der Waals surface area contributed by atoms with Crippen LogP contribution >= 0.6 is 0 Å². The highest BCUT2D eigenvalue weighted by molar-refractivity contribution is 6.00. The molecule has 0 radical (unpaired) electrons. The molecule has 0 N–H and O–H groups in total. The number of ketones is 1. The Kier molecular flexibility index (Phi) is 3.77. The smallest absolute Gasteiger partial charge is 0.309 e. The number of hydrogen-bond acceptors (Lipinski definition) is 4. The van der Waals surface area contributed by atoms with E-state index in [4.69, 9.17) is 4.74 Å². The van der Waals surface area contributed by atoms with Crippen LogP contribution in [0.25, 0.3) is 6.08 Å². The SMILES string of the molecule is COC(=O)CC=Cc1ccc2c(c1)C(=O)CCO2. The third-order valence-corrected chi connectivity index (χ3v) is 2.71. The topological polar surface area (TPSA) is 52.6 Å². The number of hydrogen-bond donors (Lipinski definition) is 0. The number of carbonyl (C=O) groups excluding carboxylic acids is 2. The van der Waals surface area contributed by atoms with Crippen LogP contribution < -0.4 is 4.74 Å². The molecule has 4 heteroatoms. The van der Waals surface area contributed by atoms with Gasteiger partial charge in [0.15, 0.2) is 5.78 Å². The Morgan fingerprint density at radius 3 is 3.11 bits per heavy atom. The van der Waals surface area contributed by atoms with E-state index >= 15 is 0 Å². The van der Waals surface area contributed by atoms with Gasteiger partial charge in [-0.1, -0.05) is 18.2 Å². The lowest BCUT2D eigenvalue weighted by molar-refractivity contribution is -0.139. The molecule has 0 aliphatic carbocycles. The summed E-state index contributed by atoms with van der Waals surface area (Å²) in [4.78, 5) is 22.6. The first-order valence-electron chi connectivity index (χ1n) is 5.74. The van der Waals surface area contributed by atoms with E-state index in [9.17, 15) is 9.59 Å². The first-order chi connectivity index (χ1) is 8.70. The van der Waals surface area contributed by atoms with Gasteiger partial charge < -0.3 is 9.47 Å². The number of ether oxygens (including phenoxy) is 2. The van der Waals surface area contributed by atoms with Gasteiger partial charge in [0.05, 0.1) is 25.7 Å². The minimum Gasteiger partial charge on any atom is -0.492 e. The van der Waals surface area contributed by atoms with Gasteiger partial charge in [0, 0.05) is 6.42 Å². The van der Waals surface area contributed by atoms with Crippen molar-refractivity contribution in [2.75, 3.05) is 13.7 Å². The lowest BCUT2D eigenvalue weighted by atomic mass is 10.0. The zero-order chi connectivity index (χ0) is 13.0. The molecule has 18 heavy (non-hydrogen) atoms. The molecule has 1 aliphatic rings. The van der Waals surface area contributed by atoms with Crippen LogP contribution in [0.3, 0.4) is 0 Å². The summed E-state index contributed by atoms with van der Waals surface area (Å²) in [6.45, 7) is 0.448. The Bertz CT molecular complexity index is 503. The van der Waals surface area contributed by atoms with Crippen molar-refractivity contribution in [3.05, 3.63) is 35.4 Å². The minimum absolute atomic E-state index is 0.0967. The van der Waals surface area contributed by atoms with Crippen molar-refractivity contribution in [2.45, 2.75) is 12.8 Å². The molecule has 0 atom stereocenters. The Labute approximate surface area is 105 Å². The minimum atomic E-state index is -0.288. The van der Waals surface area contributed by atoms with Crippen molar-refractivity contribution in [3.63, 3.8) is 0 Å². The average Bonchev–Trinajstić information content (AvgIpc) is 2.39. The molecular formula is C14H14O4. The number of carbonyl (C=O) groups is 2. The van der Waals surface area contributed by atoms with E-state index < -0.39 is 0 Å². The molecule has 1 aliphatic heterocycles. The number of fused-ring (bicyclic) bond motifs is 1. The Morgan fingerprint density at radius 2 is 2.33 bits per heavy atom. The molecule has 4 nitrogen and oxygen atoms in total. The third-order valence-electron chi connectivity index (χ3n) is 2.71. The van der Waals surface area contributed by atoms with Crippen molar-refractivity contribution in [3.8, 4) is 5.75 Å². The Balaban J connectivity index is 2.13. The molecule has 94 valence electrons. The Morgan fingerprint density at radius 1 is 1.50 bits per heavy atom. The zero-order valence-corrected chi connectivity index (χ0v) is 10.1. The summed E-state index contributed by atoms with van der Waals surface area (Å²) in [7, 11) is 1.35. The maximum Gasteiger partial charge on any atom is 0.309 e. The predicted octanol–water partition coefficient (Wildman–Crippen LogP) is 2.23. The van der Waals surface area contributed by atoms with Crippen LogP contribution in [0.4, 0.5) is 0 Å². The molecule has 0 bridgehead atoms. The summed E-state index contributed by atoms with van der Waals surface area (Å²) in [5.74, 6) is 0.444. The van der Waals surface area contributed by atoms with Gasteiger partial charge in [0.25, 0.3) is 0 Å². The monoisotopic (exact) mass is 246 g/mol. The molecule has 1 aromatic carbocycles. The molecule has 0 unspecified atom stereocenters. The third kappa shape index (κ3) is 2.77. The highest BCUT2D eigenvalue weighted by Gasteiger charge is 2.17. The second-order valence-electron chi connectivity index (χ2n) is 3.96. The lowest BCUT2D eigenvalue weighted by Crippen LogP contribution is -2.15.